The highest BCUT2D eigenvalue weighted by Gasteiger charge is 2.29. The monoisotopic (exact) mass is 309 g/mol. The molecule has 0 bridgehead atoms. The van der Waals surface area contributed by atoms with Crippen LogP contribution < -0.4 is 10.5 Å². The van der Waals surface area contributed by atoms with Crippen LogP contribution in [0.4, 0.5) is 0 Å². The number of pyridine rings is 1. The molecule has 0 saturated carbocycles. The van der Waals surface area contributed by atoms with Crippen LogP contribution in [0.1, 0.15) is 13.8 Å². The number of thiocarbonyl (C=S) groups is 1. The Balaban J connectivity index is 2.56. The molecule has 0 aliphatic heterocycles. The Kier molecular flexibility index (Phi) is 3.77. The van der Waals surface area contributed by atoms with E-state index in [1.165, 1.54) is 0 Å². The second-order valence-electron chi connectivity index (χ2n) is 4.95. The molecule has 0 unspecified atom stereocenters. The first-order valence-corrected chi connectivity index (χ1v) is 7.80. The smallest absolute Gasteiger partial charge is 0.242 e. The van der Waals surface area contributed by atoms with E-state index in [2.05, 4.69) is 9.71 Å². The van der Waals surface area contributed by atoms with Crippen molar-refractivity contribution in [1.82, 2.24) is 9.71 Å². The molecule has 106 valence electrons. The largest absolute Gasteiger partial charge is 0.392 e. The van der Waals surface area contributed by atoms with E-state index in [1.807, 2.05) is 0 Å². The second kappa shape index (κ2) is 5.08. The topological polar surface area (TPSA) is 85.1 Å². The highest BCUT2D eigenvalue weighted by Crippen LogP contribution is 2.23. The average molecular weight is 309 g/mol. The summed E-state index contributed by atoms with van der Waals surface area (Å²) < 4.78 is 27.6. The molecule has 0 atom stereocenters. The first kappa shape index (κ1) is 14.8. The molecule has 1 aromatic carbocycles. The van der Waals surface area contributed by atoms with Gasteiger partial charge in [-0.3, -0.25) is 4.98 Å². The SMILES string of the molecule is CC(C)(NS(=O)(=O)c1cccc2cnccc12)C(N)=S. The average Bonchev–Trinajstić information content (AvgIpc) is 2.36. The quantitative estimate of drug-likeness (QED) is 0.838. The molecule has 0 aliphatic rings. The molecule has 0 saturated heterocycles. The summed E-state index contributed by atoms with van der Waals surface area (Å²) in [5, 5.41) is 1.36. The van der Waals surface area contributed by atoms with E-state index in [0.29, 0.717) is 5.39 Å². The van der Waals surface area contributed by atoms with Gasteiger partial charge in [-0.1, -0.05) is 24.4 Å². The Morgan fingerprint density at radius 3 is 2.70 bits per heavy atom. The molecule has 1 aromatic heterocycles. The minimum atomic E-state index is -3.73. The molecule has 20 heavy (non-hydrogen) atoms. The summed E-state index contributed by atoms with van der Waals surface area (Å²) in [6, 6.07) is 6.68. The lowest BCUT2D eigenvalue weighted by Crippen LogP contribution is -2.51. The van der Waals surface area contributed by atoms with E-state index in [0.717, 1.165) is 5.39 Å². The molecular formula is C13H15N3O2S2. The molecule has 7 heteroatoms. The number of nitrogens with one attached hydrogen (secondary N) is 1. The molecule has 0 amide bonds. The van der Waals surface area contributed by atoms with Crippen molar-refractivity contribution < 1.29 is 8.42 Å². The van der Waals surface area contributed by atoms with Gasteiger partial charge in [0.2, 0.25) is 10.0 Å². The van der Waals surface area contributed by atoms with Crippen LogP contribution in [-0.2, 0) is 10.0 Å². The van der Waals surface area contributed by atoms with Crippen molar-refractivity contribution in [2.75, 3.05) is 0 Å². The second-order valence-corrected chi connectivity index (χ2v) is 7.04. The van der Waals surface area contributed by atoms with Gasteiger partial charge in [0, 0.05) is 23.2 Å². The van der Waals surface area contributed by atoms with Gasteiger partial charge < -0.3 is 5.73 Å². The van der Waals surface area contributed by atoms with E-state index in [4.69, 9.17) is 18.0 Å². The number of hydrogen-bond donors (Lipinski definition) is 2. The number of nitrogens with zero attached hydrogens (tertiary/aromatic N) is 1. The van der Waals surface area contributed by atoms with Crippen LogP contribution in [0.25, 0.3) is 10.8 Å². The lowest BCUT2D eigenvalue weighted by atomic mass is 10.1. The van der Waals surface area contributed by atoms with Crippen molar-refractivity contribution in [1.29, 1.82) is 0 Å². The molecule has 0 spiro atoms. The number of nitrogens with two attached hydrogens (primary N) is 1. The van der Waals surface area contributed by atoms with Gasteiger partial charge in [0.15, 0.2) is 0 Å². The van der Waals surface area contributed by atoms with Crippen molar-refractivity contribution in [2.24, 2.45) is 5.73 Å². The fourth-order valence-corrected chi connectivity index (χ4v) is 3.51. The number of sulfonamides is 1. The molecule has 2 aromatic rings. The van der Waals surface area contributed by atoms with Crippen molar-refractivity contribution >= 4 is 38.0 Å². The van der Waals surface area contributed by atoms with Crippen LogP contribution in [0.2, 0.25) is 0 Å². The fraction of sp³-hybridized carbons (Fsp3) is 0.231. The Bertz CT molecular complexity index is 765. The van der Waals surface area contributed by atoms with Gasteiger partial charge in [0.05, 0.1) is 15.4 Å². The first-order chi connectivity index (χ1) is 9.24. The predicted molar refractivity (Wildman–Crippen MR) is 82.9 cm³/mol. The van der Waals surface area contributed by atoms with E-state index < -0.39 is 15.6 Å². The van der Waals surface area contributed by atoms with Crippen molar-refractivity contribution in [2.45, 2.75) is 24.3 Å². The fourth-order valence-electron chi connectivity index (χ4n) is 1.77. The molecule has 3 N–H and O–H groups in total. The number of rotatable bonds is 4. The minimum absolute atomic E-state index is 0.0861. The molecule has 5 nitrogen and oxygen atoms in total. The Morgan fingerprint density at radius 1 is 1.35 bits per heavy atom. The summed E-state index contributed by atoms with van der Waals surface area (Å²) in [6.45, 7) is 3.25. The number of fused-ring (bicyclic) bond motifs is 1. The first-order valence-electron chi connectivity index (χ1n) is 5.91. The summed E-state index contributed by atoms with van der Waals surface area (Å²) in [7, 11) is -3.73. The Morgan fingerprint density at radius 2 is 2.05 bits per heavy atom. The van der Waals surface area contributed by atoms with E-state index in [1.54, 1.807) is 50.5 Å². The Hall–Kier alpha value is -1.57. The van der Waals surface area contributed by atoms with Crippen LogP contribution in [-0.4, -0.2) is 23.9 Å². The summed E-state index contributed by atoms with van der Waals surface area (Å²) in [5.74, 6) is 0. The third-order valence-corrected chi connectivity index (χ3v) is 5.16. The molecule has 0 fully saturated rings. The van der Waals surface area contributed by atoms with Crippen LogP contribution in [0.5, 0.6) is 0 Å². The van der Waals surface area contributed by atoms with Gasteiger partial charge in [0.25, 0.3) is 0 Å². The number of aromatic nitrogens is 1. The zero-order valence-corrected chi connectivity index (χ0v) is 12.8. The summed E-state index contributed by atoms with van der Waals surface area (Å²) in [4.78, 5) is 4.25. The molecule has 1 heterocycles. The van der Waals surface area contributed by atoms with E-state index in [-0.39, 0.29) is 9.88 Å². The maximum Gasteiger partial charge on any atom is 0.242 e. The molecule has 0 radical (unpaired) electrons. The lowest BCUT2D eigenvalue weighted by Gasteiger charge is -2.24. The lowest BCUT2D eigenvalue weighted by molar-refractivity contribution is 0.547. The molecule has 2 rings (SSSR count). The Labute approximate surface area is 123 Å². The van der Waals surface area contributed by atoms with E-state index in [9.17, 15) is 8.42 Å². The zero-order valence-electron chi connectivity index (χ0n) is 11.1. The number of benzene rings is 1. The van der Waals surface area contributed by atoms with E-state index >= 15 is 0 Å². The maximum absolute atomic E-state index is 12.5. The van der Waals surface area contributed by atoms with Crippen molar-refractivity contribution in [3.05, 3.63) is 36.7 Å². The van der Waals surface area contributed by atoms with Gasteiger partial charge in [-0.25, -0.2) is 8.42 Å². The third kappa shape index (κ3) is 2.79. The highest BCUT2D eigenvalue weighted by atomic mass is 32.2. The summed E-state index contributed by atoms with van der Waals surface area (Å²) in [5.41, 5.74) is 4.57. The maximum atomic E-state index is 12.5. The molecule has 0 aliphatic carbocycles. The van der Waals surface area contributed by atoms with Gasteiger partial charge in [-0.2, -0.15) is 4.72 Å². The zero-order chi connectivity index (χ0) is 15.0. The van der Waals surface area contributed by atoms with Crippen LogP contribution >= 0.6 is 12.2 Å². The highest BCUT2D eigenvalue weighted by molar-refractivity contribution is 7.90. The third-order valence-electron chi connectivity index (χ3n) is 2.94. The van der Waals surface area contributed by atoms with Crippen molar-refractivity contribution in [3.63, 3.8) is 0 Å². The number of hydrogen-bond acceptors (Lipinski definition) is 4. The standard InChI is InChI=1S/C13H15N3O2S2/c1-13(2,12(14)19)16-20(17,18)11-5-3-4-9-8-15-7-6-10(9)11/h3-8,16H,1-2H3,(H2,14,19). The summed E-state index contributed by atoms with van der Waals surface area (Å²) >= 11 is 4.89. The van der Waals surface area contributed by atoms with Gasteiger partial charge >= 0.3 is 0 Å². The minimum Gasteiger partial charge on any atom is -0.392 e. The van der Waals surface area contributed by atoms with Gasteiger partial charge in [0.1, 0.15) is 0 Å². The van der Waals surface area contributed by atoms with Crippen LogP contribution in [0, 0.1) is 0 Å². The predicted octanol–water partition coefficient (Wildman–Crippen LogP) is 1.58. The van der Waals surface area contributed by atoms with Gasteiger partial charge in [-0.15, -0.1) is 0 Å². The summed E-state index contributed by atoms with van der Waals surface area (Å²) in [6.07, 6.45) is 3.17. The van der Waals surface area contributed by atoms with Gasteiger partial charge in [-0.05, 0) is 26.0 Å². The molecular weight excluding hydrogens is 294 g/mol. The van der Waals surface area contributed by atoms with Crippen molar-refractivity contribution in [3.8, 4) is 0 Å². The normalized spacial score (nSPS) is 12.5. The van der Waals surface area contributed by atoms with Crippen LogP contribution in [0.15, 0.2) is 41.6 Å². The van der Waals surface area contributed by atoms with Crippen LogP contribution in [0.3, 0.4) is 0 Å².